The molecule has 134 valence electrons. The fourth-order valence-electron chi connectivity index (χ4n) is 2.96. The van der Waals surface area contributed by atoms with Crippen molar-refractivity contribution < 1.29 is 4.79 Å². The lowest BCUT2D eigenvalue weighted by Gasteiger charge is -2.23. The number of rotatable bonds is 4. The molecule has 4 rings (SSSR count). The van der Waals surface area contributed by atoms with Gasteiger partial charge in [-0.2, -0.15) is 0 Å². The summed E-state index contributed by atoms with van der Waals surface area (Å²) in [5.74, 6) is -0.103. The number of thiazole rings is 1. The van der Waals surface area contributed by atoms with E-state index in [1.54, 1.807) is 11.3 Å². The van der Waals surface area contributed by atoms with Crippen molar-refractivity contribution in [2.45, 2.75) is 19.9 Å². The van der Waals surface area contributed by atoms with Crippen molar-refractivity contribution >= 4 is 45.3 Å². The number of thiophene rings is 1. The number of amides is 1. The number of aromatic nitrogens is 1. The summed E-state index contributed by atoms with van der Waals surface area (Å²) in [6.45, 7) is 5.18. The van der Waals surface area contributed by atoms with Gasteiger partial charge in [0.2, 0.25) is 0 Å². The zero-order valence-electron chi connectivity index (χ0n) is 14.3. The average molecular weight is 404 g/mol. The Morgan fingerprint density at radius 3 is 2.81 bits per heavy atom. The zero-order chi connectivity index (χ0) is 18.1. The number of nitrogens with zero attached hydrogens (tertiary/aromatic N) is 2. The second-order valence-electron chi connectivity index (χ2n) is 6.13. The number of nitrogens with one attached hydrogen (secondary N) is 1. The Kier molecular flexibility index (Phi) is 5.09. The fraction of sp³-hybridized carbons (Fsp3) is 0.263. The van der Waals surface area contributed by atoms with Gasteiger partial charge in [0.15, 0.2) is 5.13 Å². The number of likely N-dealkylation sites (N-methyl/N-ethyl adjacent to an activating group) is 1. The summed E-state index contributed by atoms with van der Waals surface area (Å²) in [4.78, 5) is 22.6. The highest BCUT2D eigenvalue weighted by molar-refractivity contribution is 7.18. The van der Waals surface area contributed by atoms with Gasteiger partial charge in [-0.1, -0.05) is 30.7 Å². The molecule has 2 aromatic heterocycles. The van der Waals surface area contributed by atoms with Crippen molar-refractivity contribution in [1.82, 2.24) is 9.88 Å². The van der Waals surface area contributed by atoms with Gasteiger partial charge in [-0.3, -0.25) is 15.0 Å². The Hall–Kier alpha value is -1.73. The molecule has 0 atom stereocenters. The predicted molar refractivity (Wildman–Crippen MR) is 109 cm³/mol. The van der Waals surface area contributed by atoms with Crippen LogP contribution >= 0.6 is 34.3 Å². The molecule has 26 heavy (non-hydrogen) atoms. The van der Waals surface area contributed by atoms with E-state index in [2.05, 4.69) is 22.1 Å². The Balaban J connectivity index is 1.47. The van der Waals surface area contributed by atoms with Gasteiger partial charge in [-0.05, 0) is 36.4 Å². The highest BCUT2D eigenvalue weighted by Gasteiger charge is 2.21. The molecular weight excluding hydrogens is 386 g/mol. The molecule has 1 amide bonds. The molecule has 1 N–H and O–H groups in total. The van der Waals surface area contributed by atoms with Crippen molar-refractivity contribution in [3.8, 4) is 10.4 Å². The van der Waals surface area contributed by atoms with Gasteiger partial charge in [-0.25, -0.2) is 4.98 Å². The molecular formula is C19H18ClN3OS2. The quantitative estimate of drug-likeness (QED) is 0.654. The molecule has 0 unspecified atom stereocenters. The van der Waals surface area contributed by atoms with E-state index < -0.39 is 0 Å². The average Bonchev–Trinajstić information content (AvgIpc) is 3.28. The maximum atomic E-state index is 12.6. The van der Waals surface area contributed by atoms with E-state index in [9.17, 15) is 4.79 Å². The minimum atomic E-state index is -0.103. The number of hydrogen-bond acceptors (Lipinski definition) is 5. The van der Waals surface area contributed by atoms with Gasteiger partial charge >= 0.3 is 0 Å². The van der Waals surface area contributed by atoms with Crippen LogP contribution in [0.4, 0.5) is 5.13 Å². The van der Waals surface area contributed by atoms with Crippen LogP contribution in [-0.4, -0.2) is 28.9 Å². The summed E-state index contributed by atoms with van der Waals surface area (Å²) >= 11 is 9.00. The van der Waals surface area contributed by atoms with E-state index >= 15 is 0 Å². The molecule has 1 aromatic carbocycles. The van der Waals surface area contributed by atoms with E-state index in [0.29, 0.717) is 15.0 Å². The molecule has 1 aliphatic heterocycles. The number of fused-ring (bicyclic) bond motifs is 1. The second kappa shape index (κ2) is 7.48. The third kappa shape index (κ3) is 3.69. The third-order valence-electron chi connectivity index (χ3n) is 4.44. The molecule has 0 spiro atoms. The number of anilines is 1. The highest BCUT2D eigenvalue weighted by atomic mass is 35.5. The molecule has 0 bridgehead atoms. The van der Waals surface area contributed by atoms with E-state index in [-0.39, 0.29) is 5.91 Å². The van der Waals surface area contributed by atoms with E-state index in [0.717, 1.165) is 42.2 Å². The standard InChI is InChI=1S/C19H18ClN3OS2/c1-2-23-10-9-14-17(11-23)26-19(21-14)22-18(24)16-8-7-15(25-16)12-3-5-13(20)6-4-12/h3-8H,2,9-11H2,1H3,(H,21,22,24). The summed E-state index contributed by atoms with van der Waals surface area (Å²) in [7, 11) is 0. The molecule has 0 fully saturated rings. The first-order valence-electron chi connectivity index (χ1n) is 8.50. The maximum absolute atomic E-state index is 12.6. The Labute approximate surface area is 165 Å². The number of benzene rings is 1. The Morgan fingerprint density at radius 1 is 1.23 bits per heavy atom. The lowest BCUT2D eigenvalue weighted by Crippen LogP contribution is -2.29. The van der Waals surface area contributed by atoms with Gasteiger partial charge in [0.1, 0.15) is 0 Å². The normalized spacial score (nSPS) is 14.2. The summed E-state index contributed by atoms with van der Waals surface area (Å²) in [6, 6.07) is 11.5. The van der Waals surface area contributed by atoms with Crippen molar-refractivity contribution in [2.24, 2.45) is 0 Å². The van der Waals surface area contributed by atoms with Crippen molar-refractivity contribution in [1.29, 1.82) is 0 Å². The molecule has 0 saturated heterocycles. The number of carbonyl (C=O) groups excluding carboxylic acids is 1. The van der Waals surface area contributed by atoms with Crippen LogP contribution in [0.3, 0.4) is 0 Å². The molecule has 0 radical (unpaired) electrons. The molecule has 0 aliphatic carbocycles. The molecule has 3 heterocycles. The highest BCUT2D eigenvalue weighted by Crippen LogP contribution is 2.31. The van der Waals surface area contributed by atoms with Gasteiger partial charge in [-0.15, -0.1) is 22.7 Å². The largest absolute Gasteiger partial charge is 0.298 e. The predicted octanol–water partition coefficient (Wildman–Crippen LogP) is 5.16. The zero-order valence-corrected chi connectivity index (χ0v) is 16.7. The minimum absolute atomic E-state index is 0.103. The van der Waals surface area contributed by atoms with Gasteiger partial charge in [0.05, 0.1) is 10.6 Å². The van der Waals surface area contributed by atoms with Crippen LogP contribution in [0.2, 0.25) is 5.02 Å². The smallest absolute Gasteiger partial charge is 0.267 e. The summed E-state index contributed by atoms with van der Waals surface area (Å²) in [5, 5.41) is 4.36. The lowest BCUT2D eigenvalue weighted by atomic mass is 10.2. The maximum Gasteiger partial charge on any atom is 0.267 e. The number of halogens is 1. The molecule has 7 heteroatoms. The Morgan fingerprint density at radius 2 is 2.04 bits per heavy atom. The molecule has 3 aromatic rings. The van der Waals surface area contributed by atoms with E-state index in [1.807, 2.05) is 36.4 Å². The van der Waals surface area contributed by atoms with Crippen LogP contribution in [0.5, 0.6) is 0 Å². The first-order chi connectivity index (χ1) is 12.6. The van der Waals surface area contributed by atoms with Crippen LogP contribution in [0, 0.1) is 0 Å². The summed E-state index contributed by atoms with van der Waals surface area (Å²) in [5.41, 5.74) is 2.19. The van der Waals surface area contributed by atoms with Gasteiger partial charge in [0, 0.05) is 34.3 Å². The minimum Gasteiger partial charge on any atom is -0.298 e. The first-order valence-corrected chi connectivity index (χ1v) is 10.5. The second-order valence-corrected chi connectivity index (χ2v) is 8.74. The molecule has 0 saturated carbocycles. The number of carbonyl (C=O) groups is 1. The van der Waals surface area contributed by atoms with Gasteiger partial charge < -0.3 is 0 Å². The molecule has 4 nitrogen and oxygen atoms in total. The number of hydrogen-bond donors (Lipinski definition) is 1. The SMILES string of the molecule is CCN1CCc2nc(NC(=O)c3ccc(-c4ccc(Cl)cc4)s3)sc2C1. The molecule has 1 aliphatic rings. The third-order valence-corrected chi connectivity index (χ3v) is 6.82. The van der Waals surface area contributed by atoms with Gasteiger partial charge in [0.25, 0.3) is 5.91 Å². The summed E-state index contributed by atoms with van der Waals surface area (Å²) < 4.78 is 0. The monoisotopic (exact) mass is 403 g/mol. The van der Waals surface area contributed by atoms with E-state index in [1.165, 1.54) is 16.2 Å². The van der Waals surface area contributed by atoms with E-state index in [4.69, 9.17) is 11.6 Å². The fourth-order valence-corrected chi connectivity index (χ4v) is 5.04. The van der Waals surface area contributed by atoms with Crippen molar-refractivity contribution in [3.63, 3.8) is 0 Å². The lowest BCUT2D eigenvalue weighted by molar-refractivity contribution is 0.103. The summed E-state index contributed by atoms with van der Waals surface area (Å²) in [6.07, 6.45) is 0.954. The Bertz CT molecular complexity index is 933. The van der Waals surface area contributed by atoms with Crippen LogP contribution < -0.4 is 5.32 Å². The topological polar surface area (TPSA) is 45.2 Å². The van der Waals surface area contributed by atoms with Crippen molar-refractivity contribution in [2.75, 3.05) is 18.4 Å². The van der Waals surface area contributed by atoms with Crippen LogP contribution in [-0.2, 0) is 13.0 Å². The van der Waals surface area contributed by atoms with Crippen molar-refractivity contribution in [3.05, 3.63) is 56.9 Å². The van der Waals surface area contributed by atoms with Crippen LogP contribution in [0.15, 0.2) is 36.4 Å². The van der Waals surface area contributed by atoms with Crippen LogP contribution in [0.1, 0.15) is 27.2 Å². The van der Waals surface area contributed by atoms with Crippen LogP contribution in [0.25, 0.3) is 10.4 Å². The first kappa shape index (κ1) is 17.7.